The van der Waals surface area contributed by atoms with Gasteiger partial charge in [0.25, 0.3) is 0 Å². The van der Waals surface area contributed by atoms with Gasteiger partial charge >= 0.3 is 0 Å². The van der Waals surface area contributed by atoms with Crippen LogP contribution in [-0.4, -0.2) is 57.6 Å². The Morgan fingerprint density at radius 1 is 0.938 bits per heavy atom. The second kappa shape index (κ2) is 6.51. The standard InChI is InChI=1S/C11H22O5/c1-2-3-4-5-7-9(13)11(15)10(14)8(6-12)16-7/h7-15H,2-6H2,1H3/t7?,8-,9+,10-,11-/m1/s1. The van der Waals surface area contributed by atoms with Gasteiger partial charge in [-0.25, -0.2) is 0 Å². The lowest BCUT2D eigenvalue weighted by molar-refractivity contribution is -0.230. The summed E-state index contributed by atoms with van der Waals surface area (Å²) in [5, 5.41) is 37.8. The fraction of sp³-hybridized carbons (Fsp3) is 1.00. The number of aliphatic hydroxyl groups excluding tert-OH is 4. The predicted octanol–water partition coefficient (Wildman–Crippen LogP) is -0.591. The molecule has 1 aliphatic rings. The van der Waals surface area contributed by atoms with Crippen LogP contribution in [0.1, 0.15) is 32.6 Å². The monoisotopic (exact) mass is 234 g/mol. The van der Waals surface area contributed by atoms with Crippen molar-refractivity contribution in [3.63, 3.8) is 0 Å². The first kappa shape index (κ1) is 13.9. The van der Waals surface area contributed by atoms with Gasteiger partial charge in [-0.3, -0.25) is 0 Å². The molecule has 0 aromatic carbocycles. The second-order valence-electron chi connectivity index (χ2n) is 4.36. The Labute approximate surface area is 95.7 Å². The summed E-state index contributed by atoms with van der Waals surface area (Å²) in [7, 11) is 0. The smallest absolute Gasteiger partial charge is 0.111 e. The van der Waals surface area contributed by atoms with E-state index in [1.807, 2.05) is 0 Å². The highest BCUT2D eigenvalue weighted by atomic mass is 16.5. The van der Waals surface area contributed by atoms with Gasteiger partial charge < -0.3 is 25.2 Å². The Morgan fingerprint density at radius 2 is 1.56 bits per heavy atom. The molecule has 16 heavy (non-hydrogen) atoms. The Kier molecular flexibility index (Phi) is 5.64. The molecule has 5 nitrogen and oxygen atoms in total. The zero-order valence-electron chi connectivity index (χ0n) is 9.62. The predicted molar refractivity (Wildman–Crippen MR) is 57.9 cm³/mol. The molecule has 0 amide bonds. The molecule has 96 valence electrons. The summed E-state index contributed by atoms with van der Waals surface area (Å²) in [6, 6.07) is 0. The maximum Gasteiger partial charge on any atom is 0.111 e. The minimum absolute atomic E-state index is 0.352. The zero-order valence-corrected chi connectivity index (χ0v) is 9.62. The molecule has 0 aliphatic carbocycles. The van der Waals surface area contributed by atoms with Gasteiger partial charge in [-0.15, -0.1) is 0 Å². The molecule has 0 bridgehead atoms. The molecule has 0 saturated carbocycles. The van der Waals surface area contributed by atoms with E-state index in [0.717, 1.165) is 19.3 Å². The molecule has 5 heteroatoms. The Bertz CT molecular complexity index is 197. The number of aliphatic hydroxyl groups is 4. The summed E-state index contributed by atoms with van der Waals surface area (Å²) < 4.78 is 5.37. The van der Waals surface area contributed by atoms with Crippen molar-refractivity contribution in [2.75, 3.05) is 6.61 Å². The average Bonchev–Trinajstić information content (AvgIpc) is 2.29. The summed E-state index contributed by atoms with van der Waals surface area (Å²) in [5.41, 5.74) is 0. The fourth-order valence-corrected chi connectivity index (χ4v) is 2.01. The first-order chi connectivity index (χ1) is 7.61. The van der Waals surface area contributed by atoms with Gasteiger partial charge in [0.2, 0.25) is 0 Å². The Balaban J connectivity index is 2.50. The van der Waals surface area contributed by atoms with Crippen molar-refractivity contribution < 1.29 is 25.2 Å². The maximum absolute atomic E-state index is 9.70. The van der Waals surface area contributed by atoms with Crippen molar-refractivity contribution in [3.05, 3.63) is 0 Å². The third kappa shape index (κ3) is 3.15. The molecule has 1 saturated heterocycles. The molecule has 1 unspecified atom stereocenters. The highest BCUT2D eigenvalue weighted by molar-refractivity contribution is 4.91. The van der Waals surface area contributed by atoms with Crippen molar-refractivity contribution in [1.82, 2.24) is 0 Å². The van der Waals surface area contributed by atoms with E-state index in [2.05, 4.69) is 6.92 Å². The molecular formula is C11H22O5. The Hall–Kier alpha value is -0.200. The molecule has 1 heterocycles. The molecule has 0 radical (unpaired) electrons. The first-order valence-corrected chi connectivity index (χ1v) is 5.92. The van der Waals surface area contributed by atoms with Crippen LogP contribution >= 0.6 is 0 Å². The second-order valence-corrected chi connectivity index (χ2v) is 4.36. The topological polar surface area (TPSA) is 90.2 Å². The summed E-state index contributed by atoms with van der Waals surface area (Å²) in [6.07, 6.45) is -1.19. The van der Waals surface area contributed by atoms with Crippen LogP contribution in [0.4, 0.5) is 0 Å². The van der Waals surface area contributed by atoms with Crippen LogP contribution in [-0.2, 0) is 4.74 Å². The van der Waals surface area contributed by atoms with E-state index in [1.54, 1.807) is 0 Å². The van der Waals surface area contributed by atoms with Crippen molar-refractivity contribution in [2.45, 2.75) is 63.1 Å². The maximum atomic E-state index is 9.70. The van der Waals surface area contributed by atoms with Crippen LogP contribution in [0.3, 0.4) is 0 Å². The third-order valence-electron chi connectivity index (χ3n) is 3.08. The zero-order chi connectivity index (χ0) is 12.1. The highest BCUT2D eigenvalue weighted by Gasteiger charge is 2.42. The summed E-state index contributed by atoms with van der Waals surface area (Å²) in [4.78, 5) is 0. The van der Waals surface area contributed by atoms with Crippen LogP contribution in [0, 0.1) is 0 Å². The molecule has 1 aliphatic heterocycles. The number of hydrogen-bond acceptors (Lipinski definition) is 5. The fourth-order valence-electron chi connectivity index (χ4n) is 2.01. The lowest BCUT2D eigenvalue weighted by atomic mass is 9.92. The van der Waals surface area contributed by atoms with Crippen molar-refractivity contribution in [3.8, 4) is 0 Å². The largest absolute Gasteiger partial charge is 0.394 e. The van der Waals surface area contributed by atoms with Crippen LogP contribution < -0.4 is 0 Å². The van der Waals surface area contributed by atoms with Gasteiger partial charge in [0, 0.05) is 0 Å². The Morgan fingerprint density at radius 3 is 2.12 bits per heavy atom. The van der Waals surface area contributed by atoms with Crippen molar-refractivity contribution in [1.29, 1.82) is 0 Å². The molecule has 1 rings (SSSR count). The van der Waals surface area contributed by atoms with E-state index < -0.39 is 30.5 Å². The SMILES string of the molecule is CCCCCC1O[C@H](CO)[C@@H](O)[C@H](O)[C@H]1O. The molecule has 4 N–H and O–H groups in total. The van der Waals surface area contributed by atoms with Crippen molar-refractivity contribution in [2.24, 2.45) is 0 Å². The summed E-state index contributed by atoms with van der Waals surface area (Å²) in [5.74, 6) is 0. The molecule has 5 atom stereocenters. The first-order valence-electron chi connectivity index (χ1n) is 5.92. The van der Waals surface area contributed by atoms with E-state index in [9.17, 15) is 15.3 Å². The van der Waals surface area contributed by atoms with Crippen molar-refractivity contribution >= 4 is 0 Å². The van der Waals surface area contributed by atoms with Gasteiger partial charge in [-0.2, -0.15) is 0 Å². The minimum atomic E-state index is -1.24. The van der Waals surface area contributed by atoms with Crippen LogP contribution in [0.15, 0.2) is 0 Å². The number of ether oxygens (including phenoxy) is 1. The molecular weight excluding hydrogens is 212 g/mol. The van der Waals surface area contributed by atoms with Gasteiger partial charge in [0.05, 0.1) is 12.7 Å². The summed E-state index contributed by atoms with van der Waals surface area (Å²) in [6.45, 7) is 1.72. The van der Waals surface area contributed by atoms with E-state index in [1.165, 1.54) is 0 Å². The van der Waals surface area contributed by atoms with Crippen LogP contribution in [0.5, 0.6) is 0 Å². The van der Waals surface area contributed by atoms with Gasteiger partial charge in [0.1, 0.15) is 24.4 Å². The van der Waals surface area contributed by atoms with Crippen LogP contribution in [0.25, 0.3) is 0 Å². The average molecular weight is 234 g/mol. The number of unbranched alkanes of at least 4 members (excludes halogenated alkanes) is 2. The molecule has 0 spiro atoms. The van der Waals surface area contributed by atoms with E-state index in [4.69, 9.17) is 9.84 Å². The van der Waals surface area contributed by atoms with E-state index in [-0.39, 0.29) is 6.61 Å². The third-order valence-corrected chi connectivity index (χ3v) is 3.08. The van der Waals surface area contributed by atoms with Crippen LogP contribution in [0.2, 0.25) is 0 Å². The number of hydrogen-bond donors (Lipinski definition) is 4. The highest BCUT2D eigenvalue weighted by Crippen LogP contribution is 2.24. The molecule has 1 fully saturated rings. The van der Waals surface area contributed by atoms with Gasteiger partial charge in [-0.1, -0.05) is 26.2 Å². The number of rotatable bonds is 5. The quantitative estimate of drug-likeness (QED) is 0.477. The van der Waals surface area contributed by atoms with Gasteiger partial charge in [0.15, 0.2) is 0 Å². The normalized spacial score (nSPS) is 39.9. The lowest BCUT2D eigenvalue weighted by Crippen LogP contribution is -2.58. The minimum Gasteiger partial charge on any atom is -0.394 e. The van der Waals surface area contributed by atoms with E-state index in [0.29, 0.717) is 6.42 Å². The summed E-state index contributed by atoms with van der Waals surface area (Å²) >= 11 is 0. The van der Waals surface area contributed by atoms with E-state index >= 15 is 0 Å². The molecule has 0 aromatic heterocycles. The van der Waals surface area contributed by atoms with Gasteiger partial charge in [-0.05, 0) is 6.42 Å². The molecule has 0 aromatic rings. The lowest BCUT2D eigenvalue weighted by Gasteiger charge is -2.40.